The molecule has 1 fully saturated rings. The van der Waals surface area contributed by atoms with Gasteiger partial charge < -0.3 is 20.5 Å². The lowest BCUT2D eigenvalue weighted by molar-refractivity contribution is 0.197. The fourth-order valence-electron chi connectivity index (χ4n) is 2.72. The normalized spacial score (nSPS) is 15.9. The average Bonchev–Trinajstić information content (AvgIpc) is 2.53. The van der Waals surface area contributed by atoms with Gasteiger partial charge in [0.2, 0.25) is 5.88 Å². The highest BCUT2D eigenvalue weighted by atomic mass is 16.5. The lowest BCUT2D eigenvalue weighted by atomic mass is 9.88. The molecule has 6 nitrogen and oxygen atoms in total. The molecule has 1 saturated carbocycles. The number of methoxy groups -OCH3 is 2. The zero-order valence-corrected chi connectivity index (χ0v) is 13.0. The molecule has 3 N–H and O–H groups in total. The van der Waals surface area contributed by atoms with Crippen LogP contribution in [-0.4, -0.2) is 37.3 Å². The van der Waals surface area contributed by atoms with Gasteiger partial charge >= 0.3 is 0 Å². The molecular formula is C15H26N4O2. The largest absolute Gasteiger partial charge is 0.479 e. The maximum Gasteiger partial charge on any atom is 0.242 e. The van der Waals surface area contributed by atoms with Gasteiger partial charge in [-0.2, -0.15) is 4.98 Å². The number of hydrogen-bond acceptors (Lipinski definition) is 6. The predicted octanol–water partition coefficient (Wildman–Crippen LogP) is 2.56. The lowest BCUT2D eigenvalue weighted by Gasteiger charge is -2.22. The summed E-state index contributed by atoms with van der Waals surface area (Å²) < 4.78 is 10.3. The number of ether oxygens (including phenoxy) is 2. The predicted molar refractivity (Wildman–Crippen MR) is 83.8 cm³/mol. The van der Waals surface area contributed by atoms with Crippen molar-refractivity contribution in [2.45, 2.75) is 44.4 Å². The summed E-state index contributed by atoms with van der Waals surface area (Å²) in [4.78, 5) is 9.13. The van der Waals surface area contributed by atoms with Gasteiger partial charge in [-0.1, -0.05) is 19.3 Å². The van der Waals surface area contributed by atoms with E-state index >= 15 is 0 Å². The van der Waals surface area contributed by atoms with Gasteiger partial charge in [-0.3, -0.25) is 0 Å². The Morgan fingerprint density at radius 1 is 1.19 bits per heavy atom. The third-order valence-electron chi connectivity index (χ3n) is 3.91. The molecule has 0 aliphatic heterocycles. The van der Waals surface area contributed by atoms with Crippen molar-refractivity contribution in [3.8, 4) is 5.88 Å². The topological polar surface area (TPSA) is 82.3 Å². The smallest absolute Gasteiger partial charge is 0.242 e. The summed E-state index contributed by atoms with van der Waals surface area (Å²) in [6.07, 6.45) is 7.01. The van der Waals surface area contributed by atoms with Crippen LogP contribution in [0.25, 0.3) is 0 Å². The highest BCUT2D eigenvalue weighted by Crippen LogP contribution is 2.34. The van der Waals surface area contributed by atoms with E-state index in [1.807, 2.05) is 0 Å². The van der Waals surface area contributed by atoms with Gasteiger partial charge in [0, 0.05) is 26.2 Å². The summed E-state index contributed by atoms with van der Waals surface area (Å²) in [5.41, 5.74) is 6.54. The molecule has 1 aliphatic rings. The molecule has 6 heteroatoms. The molecule has 0 atom stereocenters. The summed E-state index contributed by atoms with van der Waals surface area (Å²) in [6, 6.07) is 0. The number of hydrogen-bond donors (Lipinski definition) is 2. The monoisotopic (exact) mass is 294 g/mol. The Kier molecular flexibility index (Phi) is 6.04. The van der Waals surface area contributed by atoms with Crippen LogP contribution in [0.15, 0.2) is 0 Å². The second-order valence-electron chi connectivity index (χ2n) is 5.46. The van der Waals surface area contributed by atoms with E-state index in [0.29, 0.717) is 29.9 Å². The standard InChI is InChI=1S/C15H26N4O2/c1-20-10-6-9-17-14-12(16)15(21-2)19-13(18-14)11-7-4-3-5-8-11/h11H,3-10,16H2,1-2H3,(H,17,18,19). The number of nitrogens with one attached hydrogen (secondary N) is 1. The van der Waals surface area contributed by atoms with Crippen LogP contribution in [0.2, 0.25) is 0 Å². The van der Waals surface area contributed by atoms with E-state index in [9.17, 15) is 0 Å². The quantitative estimate of drug-likeness (QED) is 0.752. The van der Waals surface area contributed by atoms with Crippen LogP contribution < -0.4 is 15.8 Å². The minimum absolute atomic E-state index is 0.424. The van der Waals surface area contributed by atoms with E-state index in [1.165, 1.54) is 19.3 Å². The van der Waals surface area contributed by atoms with Gasteiger partial charge in [0.05, 0.1) is 7.11 Å². The summed E-state index contributed by atoms with van der Waals surface area (Å²) in [5.74, 6) is 2.43. The SMILES string of the molecule is COCCCNc1nc(C2CCCCC2)nc(OC)c1N. The highest BCUT2D eigenvalue weighted by molar-refractivity contribution is 5.67. The zero-order valence-electron chi connectivity index (χ0n) is 13.0. The number of nitrogen functional groups attached to an aromatic ring is 1. The van der Waals surface area contributed by atoms with Crippen molar-refractivity contribution in [3.63, 3.8) is 0 Å². The molecule has 1 aromatic rings. The van der Waals surface area contributed by atoms with Crippen LogP contribution in [0.1, 0.15) is 50.3 Å². The van der Waals surface area contributed by atoms with Gasteiger partial charge in [0.15, 0.2) is 5.82 Å². The van der Waals surface area contributed by atoms with Gasteiger partial charge in [0.1, 0.15) is 11.5 Å². The Morgan fingerprint density at radius 2 is 1.95 bits per heavy atom. The van der Waals surface area contributed by atoms with Crippen molar-refractivity contribution in [1.82, 2.24) is 9.97 Å². The van der Waals surface area contributed by atoms with Crippen LogP contribution in [0, 0.1) is 0 Å². The molecule has 118 valence electrons. The van der Waals surface area contributed by atoms with Gasteiger partial charge in [0.25, 0.3) is 0 Å². The van der Waals surface area contributed by atoms with Crippen LogP contribution >= 0.6 is 0 Å². The van der Waals surface area contributed by atoms with Crippen LogP contribution in [-0.2, 0) is 4.74 Å². The molecule has 1 aromatic heterocycles. The number of nitrogens with zero attached hydrogens (tertiary/aromatic N) is 2. The fourth-order valence-corrected chi connectivity index (χ4v) is 2.72. The van der Waals surface area contributed by atoms with E-state index in [-0.39, 0.29) is 0 Å². The molecule has 0 saturated heterocycles. The van der Waals surface area contributed by atoms with Crippen molar-refractivity contribution in [2.75, 3.05) is 38.4 Å². The van der Waals surface area contributed by atoms with Crippen molar-refractivity contribution in [3.05, 3.63) is 5.82 Å². The second-order valence-corrected chi connectivity index (χ2v) is 5.46. The van der Waals surface area contributed by atoms with Crippen LogP contribution in [0.4, 0.5) is 11.5 Å². The Hall–Kier alpha value is -1.56. The molecule has 1 heterocycles. The first-order valence-electron chi connectivity index (χ1n) is 7.70. The van der Waals surface area contributed by atoms with Gasteiger partial charge in [-0.25, -0.2) is 4.98 Å². The van der Waals surface area contributed by atoms with Gasteiger partial charge in [-0.05, 0) is 19.3 Å². The highest BCUT2D eigenvalue weighted by Gasteiger charge is 2.21. The molecule has 0 aromatic carbocycles. The minimum Gasteiger partial charge on any atom is -0.479 e. The van der Waals surface area contributed by atoms with E-state index in [0.717, 1.165) is 31.6 Å². The van der Waals surface area contributed by atoms with E-state index in [1.54, 1.807) is 14.2 Å². The van der Waals surface area contributed by atoms with E-state index in [2.05, 4.69) is 15.3 Å². The fraction of sp³-hybridized carbons (Fsp3) is 0.733. The summed E-state index contributed by atoms with van der Waals surface area (Å²) in [7, 11) is 3.29. The Bertz CT molecular complexity index is 448. The van der Waals surface area contributed by atoms with Crippen LogP contribution in [0.5, 0.6) is 5.88 Å². The van der Waals surface area contributed by atoms with Crippen molar-refractivity contribution < 1.29 is 9.47 Å². The second kappa shape index (κ2) is 8.02. The van der Waals surface area contributed by atoms with Gasteiger partial charge in [-0.15, -0.1) is 0 Å². The number of rotatable bonds is 7. The molecule has 0 amide bonds. The van der Waals surface area contributed by atoms with Crippen molar-refractivity contribution in [1.29, 1.82) is 0 Å². The number of nitrogens with two attached hydrogens (primary N) is 1. The van der Waals surface area contributed by atoms with E-state index < -0.39 is 0 Å². The van der Waals surface area contributed by atoms with Crippen molar-refractivity contribution in [2.24, 2.45) is 0 Å². The Labute approximate surface area is 126 Å². The third-order valence-corrected chi connectivity index (χ3v) is 3.91. The first-order valence-corrected chi connectivity index (χ1v) is 7.70. The number of anilines is 2. The molecule has 0 spiro atoms. The third kappa shape index (κ3) is 4.20. The minimum atomic E-state index is 0.424. The molecule has 0 radical (unpaired) electrons. The first-order chi connectivity index (χ1) is 10.3. The lowest BCUT2D eigenvalue weighted by Crippen LogP contribution is -2.15. The summed E-state index contributed by atoms with van der Waals surface area (Å²) >= 11 is 0. The van der Waals surface area contributed by atoms with Crippen molar-refractivity contribution >= 4 is 11.5 Å². The molecule has 2 rings (SSSR count). The van der Waals surface area contributed by atoms with Crippen LogP contribution in [0.3, 0.4) is 0 Å². The molecule has 1 aliphatic carbocycles. The maximum absolute atomic E-state index is 6.06. The summed E-state index contributed by atoms with van der Waals surface area (Å²) in [5, 5.41) is 3.27. The molecule has 0 bridgehead atoms. The summed E-state index contributed by atoms with van der Waals surface area (Å²) in [6.45, 7) is 1.48. The molecular weight excluding hydrogens is 268 g/mol. The Balaban J connectivity index is 2.13. The molecule has 21 heavy (non-hydrogen) atoms. The first kappa shape index (κ1) is 15.8. The zero-order chi connectivity index (χ0) is 15.1. The van der Waals surface area contributed by atoms with E-state index in [4.69, 9.17) is 15.2 Å². The average molecular weight is 294 g/mol. The Morgan fingerprint density at radius 3 is 2.62 bits per heavy atom. The maximum atomic E-state index is 6.06. The molecule has 0 unspecified atom stereocenters. The number of aromatic nitrogens is 2.